The van der Waals surface area contributed by atoms with E-state index in [1.54, 1.807) is 0 Å². The average Bonchev–Trinajstić information content (AvgIpc) is 1.63. The lowest BCUT2D eigenvalue weighted by molar-refractivity contribution is 0.0631. The van der Waals surface area contributed by atoms with Crippen molar-refractivity contribution in [3.8, 4) is 0 Å². The number of ether oxygens (including phenoxy) is 1. The van der Waals surface area contributed by atoms with E-state index in [1.165, 1.54) is 0 Å². The van der Waals surface area contributed by atoms with Gasteiger partial charge in [-0.2, -0.15) is 9.90 Å². The van der Waals surface area contributed by atoms with Crippen molar-refractivity contribution in [2.45, 2.75) is 0 Å². The molecule has 0 saturated carbocycles. The third-order valence-corrected chi connectivity index (χ3v) is 0.758. The average molecular weight is 132 g/mol. The SMILES string of the molecule is CN(C)CCOC([O])=O. The normalized spacial score (nSPS) is 9.67. The Morgan fingerprint density at radius 3 is 2.44 bits per heavy atom. The molecule has 0 saturated heterocycles. The van der Waals surface area contributed by atoms with Gasteiger partial charge >= 0.3 is 6.16 Å². The molecule has 0 rings (SSSR count). The van der Waals surface area contributed by atoms with E-state index in [0.717, 1.165) is 0 Å². The highest BCUT2D eigenvalue weighted by atomic mass is 16.7. The Morgan fingerprint density at radius 1 is 1.56 bits per heavy atom. The molecule has 0 aliphatic heterocycles. The summed E-state index contributed by atoms with van der Waals surface area (Å²) in [5.74, 6) is 0. The third-order valence-electron chi connectivity index (χ3n) is 0.758. The summed E-state index contributed by atoms with van der Waals surface area (Å²) in [6, 6.07) is 0. The summed E-state index contributed by atoms with van der Waals surface area (Å²) in [5.41, 5.74) is 0. The minimum Gasteiger partial charge on any atom is -0.430 e. The fourth-order valence-corrected chi connectivity index (χ4v) is 0.312. The molecule has 4 nitrogen and oxygen atoms in total. The maximum atomic E-state index is 9.63. The molecule has 0 aliphatic rings. The van der Waals surface area contributed by atoms with Crippen LogP contribution in [0.25, 0.3) is 0 Å². The Labute approximate surface area is 54.0 Å². The van der Waals surface area contributed by atoms with Crippen molar-refractivity contribution in [2.24, 2.45) is 0 Å². The lowest BCUT2D eigenvalue weighted by Crippen LogP contribution is -2.19. The van der Waals surface area contributed by atoms with Crippen LogP contribution in [0.15, 0.2) is 0 Å². The summed E-state index contributed by atoms with van der Waals surface area (Å²) in [7, 11) is 3.66. The van der Waals surface area contributed by atoms with E-state index >= 15 is 0 Å². The maximum Gasteiger partial charge on any atom is 0.550 e. The predicted molar refractivity (Wildman–Crippen MR) is 30.6 cm³/mol. The molecule has 53 valence electrons. The van der Waals surface area contributed by atoms with Crippen LogP contribution in [0, 0.1) is 0 Å². The second-order valence-electron chi connectivity index (χ2n) is 1.90. The summed E-state index contributed by atoms with van der Waals surface area (Å²) in [5, 5.41) is 9.63. The van der Waals surface area contributed by atoms with Crippen molar-refractivity contribution in [3.05, 3.63) is 0 Å². The van der Waals surface area contributed by atoms with Crippen LogP contribution in [0.5, 0.6) is 0 Å². The van der Waals surface area contributed by atoms with Crippen LogP contribution in [0.2, 0.25) is 0 Å². The van der Waals surface area contributed by atoms with Gasteiger partial charge in [0.25, 0.3) is 0 Å². The van der Waals surface area contributed by atoms with Crippen LogP contribution in [-0.4, -0.2) is 38.3 Å². The van der Waals surface area contributed by atoms with Gasteiger partial charge in [0.2, 0.25) is 0 Å². The molecule has 0 aromatic heterocycles. The molecule has 0 heterocycles. The Balaban J connectivity index is 3.01. The molecule has 0 aromatic carbocycles. The highest BCUT2D eigenvalue weighted by Crippen LogP contribution is 1.78. The van der Waals surface area contributed by atoms with E-state index in [1.807, 2.05) is 19.0 Å². The number of nitrogens with zero attached hydrogens (tertiary/aromatic N) is 1. The van der Waals surface area contributed by atoms with E-state index in [-0.39, 0.29) is 6.61 Å². The molecule has 0 bridgehead atoms. The second-order valence-corrected chi connectivity index (χ2v) is 1.90. The highest BCUT2D eigenvalue weighted by molar-refractivity contribution is 5.56. The van der Waals surface area contributed by atoms with Crippen LogP contribution < -0.4 is 0 Å². The van der Waals surface area contributed by atoms with Gasteiger partial charge < -0.3 is 9.64 Å². The number of carbonyl (C=O) groups excluding carboxylic acids is 1. The Hall–Kier alpha value is -0.770. The summed E-state index contributed by atoms with van der Waals surface area (Å²) in [6.07, 6.45) is -1.46. The van der Waals surface area contributed by atoms with Crippen LogP contribution in [0.3, 0.4) is 0 Å². The zero-order valence-electron chi connectivity index (χ0n) is 5.59. The van der Waals surface area contributed by atoms with Crippen LogP contribution >= 0.6 is 0 Å². The van der Waals surface area contributed by atoms with E-state index in [0.29, 0.717) is 6.54 Å². The first-order chi connectivity index (χ1) is 4.13. The molecular formula is C5H10NO3. The zero-order valence-corrected chi connectivity index (χ0v) is 5.59. The number of hydrogen-bond acceptors (Lipinski definition) is 3. The Bertz CT molecular complexity index is 92.2. The van der Waals surface area contributed by atoms with E-state index in [2.05, 4.69) is 4.74 Å². The van der Waals surface area contributed by atoms with Gasteiger partial charge in [-0.3, -0.25) is 0 Å². The first kappa shape index (κ1) is 8.23. The van der Waals surface area contributed by atoms with Gasteiger partial charge in [0.15, 0.2) is 0 Å². The topological polar surface area (TPSA) is 49.4 Å². The van der Waals surface area contributed by atoms with E-state index in [9.17, 15) is 9.90 Å². The van der Waals surface area contributed by atoms with E-state index in [4.69, 9.17) is 0 Å². The molecule has 0 spiro atoms. The summed E-state index contributed by atoms with van der Waals surface area (Å²) < 4.78 is 4.12. The molecule has 0 aliphatic carbocycles. The molecule has 0 fully saturated rings. The molecule has 0 atom stereocenters. The number of rotatable bonds is 3. The van der Waals surface area contributed by atoms with Crippen molar-refractivity contribution in [2.75, 3.05) is 27.2 Å². The van der Waals surface area contributed by atoms with Gasteiger partial charge in [0.1, 0.15) is 6.61 Å². The van der Waals surface area contributed by atoms with Crippen molar-refractivity contribution in [1.29, 1.82) is 0 Å². The van der Waals surface area contributed by atoms with E-state index < -0.39 is 6.16 Å². The van der Waals surface area contributed by atoms with Crippen LogP contribution in [0.4, 0.5) is 4.79 Å². The molecular weight excluding hydrogens is 122 g/mol. The number of hydrogen-bond donors (Lipinski definition) is 0. The molecule has 9 heavy (non-hydrogen) atoms. The minimum atomic E-state index is -1.46. The minimum absolute atomic E-state index is 0.176. The summed E-state index contributed by atoms with van der Waals surface area (Å²) in [6.45, 7) is 0.767. The van der Waals surface area contributed by atoms with Crippen LogP contribution in [-0.2, 0) is 9.84 Å². The largest absolute Gasteiger partial charge is 0.550 e. The fourth-order valence-electron chi connectivity index (χ4n) is 0.312. The molecule has 0 N–H and O–H groups in total. The van der Waals surface area contributed by atoms with Gasteiger partial charge in [-0.15, -0.1) is 0 Å². The summed E-state index contributed by atoms with van der Waals surface area (Å²) in [4.78, 5) is 11.5. The Morgan fingerprint density at radius 2 is 2.11 bits per heavy atom. The molecule has 4 heteroatoms. The Kier molecular flexibility index (Phi) is 3.79. The van der Waals surface area contributed by atoms with Gasteiger partial charge in [-0.1, -0.05) is 0 Å². The van der Waals surface area contributed by atoms with Crippen LogP contribution in [0.1, 0.15) is 0 Å². The maximum absolute atomic E-state index is 9.63. The van der Waals surface area contributed by atoms with Gasteiger partial charge in [0, 0.05) is 6.54 Å². The van der Waals surface area contributed by atoms with Crippen molar-refractivity contribution < 1.29 is 14.6 Å². The fraction of sp³-hybridized carbons (Fsp3) is 0.800. The number of carbonyl (C=O) groups is 1. The highest BCUT2D eigenvalue weighted by Gasteiger charge is 1.97. The first-order valence-corrected chi connectivity index (χ1v) is 2.61. The number of likely N-dealkylation sites (N-methyl/N-ethyl adjacent to an activating group) is 1. The zero-order chi connectivity index (χ0) is 7.28. The van der Waals surface area contributed by atoms with Crippen molar-refractivity contribution in [3.63, 3.8) is 0 Å². The quantitative estimate of drug-likeness (QED) is 0.512. The van der Waals surface area contributed by atoms with Gasteiger partial charge in [-0.25, -0.2) is 0 Å². The second kappa shape index (κ2) is 4.14. The molecule has 1 radical (unpaired) electrons. The first-order valence-electron chi connectivity index (χ1n) is 2.61. The third kappa shape index (κ3) is 7.23. The lowest BCUT2D eigenvalue weighted by atomic mass is 10.6. The van der Waals surface area contributed by atoms with Gasteiger partial charge in [-0.05, 0) is 14.1 Å². The van der Waals surface area contributed by atoms with Gasteiger partial charge in [0.05, 0.1) is 0 Å². The molecule has 0 unspecified atom stereocenters. The smallest absolute Gasteiger partial charge is 0.430 e. The van der Waals surface area contributed by atoms with Crippen molar-refractivity contribution in [1.82, 2.24) is 4.90 Å². The van der Waals surface area contributed by atoms with Crippen molar-refractivity contribution >= 4 is 6.16 Å². The molecule has 0 amide bonds. The summed E-state index contributed by atoms with van der Waals surface area (Å²) >= 11 is 0. The predicted octanol–water partition coefficient (Wildman–Crippen LogP) is 0.115. The monoisotopic (exact) mass is 132 g/mol. The standard InChI is InChI=1S/C5H10NO3/c1-6(2)3-4-9-5(7)8/h3-4H2,1-2H3. The lowest BCUT2D eigenvalue weighted by Gasteiger charge is -2.06. The molecule has 0 aromatic rings.